The standard InChI is InChI=1S/C22H30ClFN2O2/c1-15(2)28-12-11-26-14-17(20-18(23)5-4-6-19(20)26)21(27)25-13-16-7-9-22(3,24)10-8-16/h4-6,14-16H,7-13H2,1-3H3,(H,25,27). The molecule has 1 N–H and O–H groups in total. The molecule has 2 aromatic rings. The molecular weight excluding hydrogens is 379 g/mol. The van der Waals surface area contributed by atoms with E-state index in [1.165, 1.54) is 0 Å². The first-order valence-electron chi connectivity index (χ1n) is 10.1. The average Bonchev–Trinajstić information content (AvgIpc) is 3.00. The third-order valence-corrected chi connectivity index (χ3v) is 5.90. The lowest BCUT2D eigenvalue weighted by Crippen LogP contribution is -2.34. The maximum atomic E-state index is 14.0. The number of carbonyl (C=O) groups excluding carboxylic acids is 1. The van der Waals surface area contributed by atoms with Crippen molar-refractivity contribution in [1.82, 2.24) is 9.88 Å². The molecule has 0 spiro atoms. The van der Waals surface area contributed by atoms with Crippen molar-refractivity contribution in [3.05, 3.63) is 35.0 Å². The molecule has 1 aromatic heterocycles. The van der Waals surface area contributed by atoms with Crippen molar-refractivity contribution in [2.75, 3.05) is 13.2 Å². The summed E-state index contributed by atoms with van der Waals surface area (Å²) in [5, 5.41) is 4.37. The second-order valence-corrected chi connectivity index (χ2v) is 8.76. The van der Waals surface area contributed by atoms with Gasteiger partial charge in [-0.15, -0.1) is 0 Å². The Hall–Kier alpha value is -1.59. The zero-order valence-corrected chi connectivity index (χ0v) is 17.7. The van der Waals surface area contributed by atoms with E-state index in [9.17, 15) is 9.18 Å². The summed E-state index contributed by atoms with van der Waals surface area (Å²) in [5.41, 5.74) is 0.451. The van der Waals surface area contributed by atoms with Crippen molar-refractivity contribution in [2.24, 2.45) is 5.92 Å². The second-order valence-electron chi connectivity index (χ2n) is 8.36. The quantitative estimate of drug-likeness (QED) is 0.669. The molecule has 1 amide bonds. The average molecular weight is 409 g/mol. The third-order valence-electron chi connectivity index (χ3n) is 5.58. The van der Waals surface area contributed by atoms with E-state index in [4.69, 9.17) is 16.3 Å². The Morgan fingerprint density at radius 1 is 1.39 bits per heavy atom. The van der Waals surface area contributed by atoms with Gasteiger partial charge in [-0.2, -0.15) is 0 Å². The first-order chi connectivity index (χ1) is 13.3. The van der Waals surface area contributed by atoms with Crippen LogP contribution < -0.4 is 5.32 Å². The van der Waals surface area contributed by atoms with Crippen LogP contribution in [0.15, 0.2) is 24.4 Å². The fourth-order valence-corrected chi connectivity index (χ4v) is 4.14. The molecule has 0 saturated heterocycles. The minimum atomic E-state index is -1.06. The summed E-state index contributed by atoms with van der Waals surface area (Å²) in [4.78, 5) is 12.9. The Balaban J connectivity index is 1.71. The van der Waals surface area contributed by atoms with Gasteiger partial charge < -0.3 is 14.6 Å². The lowest BCUT2D eigenvalue weighted by molar-refractivity contribution is 0.0732. The zero-order chi connectivity index (χ0) is 20.3. The highest BCUT2D eigenvalue weighted by Crippen LogP contribution is 2.34. The van der Waals surface area contributed by atoms with E-state index in [1.54, 1.807) is 13.0 Å². The SMILES string of the molecule is CC(C)OCCn1cc(C(=O)NCC2CCC(C)(F)CC2)c2c(Cl)cccc21. The van der Waals surface area contributed by atoms with Crippen molar-refractivity contribution in [3.8, 4) is 0 Å². The van der Waals surface area contributed by atoms with Gasteiger partial charge >= 0.3 is 0 Å². The molecule has 28 heavy (non-hydrogen) atoms. The van der Waals surface area contributed by atoms with Gasteiger partial charge in [0.15, 0.2) is 0 Å². The molecule has 0 atom stereocenters. The minimum absolute atomic E-state index is 0.129. The predicted octanol–water partition coefficient (Wildman–Crippen LogP) is 5.37. The maximum absolute atomic E-state index is 14.0. The molecule has 1 saturated carbocycles. The van der Waals surface area contributed by atoms with Crippen molar-refractivity contribution in [3.63, 3.8) is 0 Å². The molecule has 0 radical (unpaired) electrons. The topological polar surface area (TPSA) is 43.3 Å². The van der Waals surface area contributed by atoms with E-state index in [0.717, 1.165) is 23.7 Å². The van der Waals surface area contributed by atoms with E-state index in [2.05, 4.69) is 5.32 Å². The van der Waals surface area contributed by atoms with Crippen LogP contribution >= 0.6 is 11.6 Å². The Morgan fingerprint density at radius 2 is 2.11 bits per heavy atom. The summed E-state index contributed by atoms with van der Waals surface area (Å²) in [7, 11) is 0. The van der Waals surface area contributed by atoms with Gasteiger partial charge in [0.05, 0.1) is 28.8 Å². The molecule has 1 aromatic carbocycles. The monoisotopic (exact) mass is 408 g/mol. The first kappa shape index (κ1) is 21.1. The highest BCUT2D eigenvalue weighted by atomic mass is 35.5. The van der Waals surface area contributed by atoms with Gasteiger partial charge in [-0.1, -0.05) is 17.7 Å². The third kappa shape index (κ3) is 5.06. The van der Waals surface area contributed by atoms with E-state index in [0.29, 0.717) is 49.0 Å². The molecule has 154 valence electrons. The van der Waals surface area contributed by atoms with Gasteiger partial charge in [-0.3, -0.25) is 4.79 Å². The number of amides is 1. The van der Waals surface area contributed by atoms with Crippen molar-refractivity contribution in [1.29, 1.82) is 0 Å². The highest BCUT2D eigenvalue weighted by Gasteiger charge is 2.30. The van der Waals surface area contributed by atoms with E-state index >= 15 is 0 Å². The molecule has 0 unspecified atom stereocenters. The lowest BCUT2D eigenvalue weighted by Gasteiger charge is -2.31. The minimum Gasteiger partial charge on any atom is -0.377 e. The molecule has 1 heterocycles. The van der Waals surface area contributed by atoms with Gasteiger partial charge in [-0.05, 0) is 64.5 Å². The van der Waals surface area contributed by atoms with Crippen molar-refractivity contribution >= 4 is 28.4 Å². The van der Waals surface area contributed by atoms with Gasteiger partial charge in [0, 0.05) is 24.7 Å². The first-order valence-corrected chi connectivity index (χ1v) is 10.5. The van der Waals surface area contributed by atoms with Crippen LogP contribution in [0.3, 0.4) is 0 Å². The van der Waals surface area contributed by atoms with Crippen LogP contribution in [0, 0.1) is 5.92 Å². The molecule has 1 aliphatic rings. The molecule has 0 aliphatic heterocycles. The van der Waals surface area contributed by atoms with Gasteiger partial charge in [0.2, 0.25) is 0 Å². The number of halogens is 2. The number of nitrogens with zero attached hydrogens (tertiary/aromatic N) is 1. The molecule has 1 fully saturated rings. The van der Waals surface area contributed by atoms with E-state index < -0.39 is 5.67 Å². The van der Waals surface area contributed by atoms with Crippen LogP contribution in [0.2, 0.25) is 5.02 Å². The maximum Gasteiger partial charge on any atom is 0.253 e. The highest BCUT2D eigenvalue weighted by molar-refractivity contribution is 6.36. The number of ether oxygens (including phenoxy) is 1. The number of hydrogen-bond donors (Lipinski definition) is 1. The normalized spacial score (nSPS) is 22.7. The largest absolute Gasteiger partial charge is 0.377 e. The van der Waals surface area contributed by atoms with E-state index in [-0.39, 0.29) is 12.0 Å². The zero-order valence-electron chi connectivity index (χ0n) is 16.9. The van der Waals surface area contributed by atoms with Crippen molar-refractivity contribution in [2.45, 2.75) is 64.8 Å². The number of nitrogens with one attached hydrogen (secondary N) is 1. The summed E-state index contributed by atoms with van der Waals surface area (Å²) in [6.45, 7) is 7.46. The second kappa shape index (κ2) is 8.83. The van der Waals surface area contributed by atoms with E-state index in [1.807, 2.05) is 36.7 Å². The van der Waals surface area contributed by atoms with Gasteiger partial charge in [0.25, 0.3) is 5.91 Å². The Morgan fingerprint density at radius 3 is 2.79 bits per heavy atom. The molecule has 0 bridgehead atoms. The number of carbonyl (C=O) groups is 1. The fourth-order valence-electron chi connectivity index (χ4n) is 3.87. The van der Waals surface area contributed by atoms with Crippen LogP contribution in [-0.2, 0) is 11.3 Å². The summed E-state index contributed by atoms with van der Waals surface area (Å²) >= 11 is 6.42. The van der Waals surface area contributed by atoms with Crippen LogP contribution in [-0.4, -0.2) is 35.4 Å². The smallest absolute Gasteiger partial charge is 0.253 e. The molecule has 1 aliphatic carbocycles. The predicted molar refractivity (Wildman–Crippen MR) is 112 cm³/mol. The molecule has 4 nitrogen and oxygen atoms in total. The van der Waals surface area contributed by atoms with Crippen molar-refractivity contribution < 1.29 is 13.9 Å². The number of alkyl halides is 1. The van der Waals surface area contributed by atoms with Crippen LogP contribution in [0.25, 0.3) is 10.9 Å². The van der Waals surface area contributed by atoms with Crippen LogP contribution in [0.5, 0.6) is 0 Å². The summed E-state index contributed by atoms with van der Waals surface area (Å²) in [5.74, 6) is 0.200. The Labute approximate surface area is 171 Å². The Bertz CT molecular complexity index is 821. The lowest BCUT2D eigenvalue weighted by atomic mass is 9.81. The number of benzene rings is 1. The van der Waals surface area contributed by atoms with Crippen LogP contribution in [0.4, 0.5) is 4.39 Å². The number of aromatic nitrogens is 1. The number of rotatable bonds is 7. The summed E-state index contributed by atoms with van der Waals surface area (Å²) in [6, 6.07) is 5.66. The number of fused-ring (bicyclic) bond motifs is 1. The molecule has 6 heteroatoms. The fraction of sp³-hybridized carbons (Fsp3) is 0.591. The Kier molecular flexibility index (Phi) is 6.66. The summed E-state index contributed by atoms with van der Waals surface area (Å²) in [6.07, 6.45) is 4.76. The van der Waals surface area contributed by atoms with Gasteiger partial charge in [0.1, 0.15) is 5.67 Å². The van der Waals surface area contributed by atoms with Crippen LogP contribution in [0.1, 0.15) is 56.8 Å². The molecule has 3 rings (SSSR count). The number of hydrogen-bond acceptors (Lipinski definition) is 2. The summed E-state index contributed by atoms with van der Waals surface area (Å²) < 4.78 is 21.6. The van der Waals surface area contributed by atoms with Gasteiger partial charge in [-0.25, -0.2) is 4.39 Å². The molecular formula is C22H30ClFN2O2.